The Morgan fingerprint density at radius 3 is 2.73 bits per heavy atom. The van der Waals surface area contributed by atoms with Crippen LogP contribution in [-0.4, -0.2) is 49.9 Å². The summed E-state index contributed by atoms with van der Waals surface area (Å²) < 4.78 is 14.6. The molecule has 0 saturated heterocycles. The third kappa shape index (κ3) is 4.93. The summed E-state index contributed by atoms with van der Waals surface area (Å²) in [5.41, 5.74) is 1.48. The maximum atomic E-state index is 12.4. The van der Waals surface area contributed by atoms with E-state index in [9.17, 15) is 4.79 Å². The molecule has 3 rings (SSSR count). The highest BCUT2D eigenvalue weighted by Gasteiger charge is 2.20. The first-order valence-corrected chi connectivity index (χ1v) is 10.8. The van der Waals surface area contributed by atoms with Crippen LogP contribution in [0.1, 0.15) is 20.8 Å². The van der Waals surface area contributed by atoms with Crippen molar-refractivity contribution in [2.45, 2.75) is 39.0 Å². The highest BCUT2D eigenvalue weighted by atomic mass is 32.2. The average molecular weight is 431 g/mol. The van der Waals surface area contributed by atoms with Gasteiger partial charge in [-0.3, -0.25) is 9.48 Å². The lowest BCUT2D eigenvalue weighted by Crippen LogP contribution is -2.14. The van der Waals surface area contributed by atoms with Crippen molar-refractivity contribution in [2.24, 2.45) is 0 Å². The van der Waals surface area contributed by atoms with Gasteiger partial charge in [-0.15, -0.1) is 15.3 Å². The van der Waals surface area contributed by atoms with E-state index in [0.29, 0.717) is 41.4 Å². The van der Waals surface area contributed by atoms with Gasteiger partial charge in [0, 0.05) is 31.0 Å². The Labute approximate surface area is 179 Å². The predicted octanol–water partition coefficient (Wildman–Crippen LogP) is 3.32. The molecule has 0 unspecified atom stereocenters. The van der Waals surface area contributed by atoms with Crippen LogP contribution in [0, 0.1) is 0 Å². The van der Waals surface area contributed by atoms with E-state index in [1.807, 2.05) is 54.4 Å². The van der Waals surface area contributed by atoms with Gasteiger partial charge in [-0.1, -0.05) is 17.8 Å². The number of aryl methyl sites for hydroxylation is 1. The van der Waals surface area contributed by atoms with Crippen molar-refractivity contribution < 1.29 is 14.3 Å². The second-order valence-corrected chi connectivity index (χ2v) is 7.20. The highest BCUT2D eigenvalue weighted by Crippen LogP contribution is 2.30. The molecule has 2 heterocycles. The first kappa shape index (κ1) is 21.7. The maximum Gasteiger partial charge on any atom is 0.243 e. The Morgan fingerprint density at radius 1 is 1.20 bits per heavy atom. The molecular weight excluding hydrogens is 404 g/mol. The molecule has 0 saturated carbocycles. The first-order valence-electron chi connectivity index (χ1n) is 9.80. The molecule has 0 radical (unpaired) electrons. The Kier molecular flexibility index (Phi) is 7.34. The van der Waals surface area contributed by atoms with Gasteiger partial charge >= 0.3 is 0 Å². The SMILES string of the molecule is CCOc1nn(CC)cc1-c1nnc(SCC(=O)Nc2cccc(OC)c2)n1CC. The van der Waals surface area contributed by atoms with Crippen LogP contribution in [0.5, 0.6) is 11.6 Å². The van der Waals surface area contributed by atoms with Gasteiger partial charge in [0.25, 0.3) is 0 Å². The number of thioether (sulfide) groups is 1. The highest BCUT2D eigenvalue weighted by molar-refractivity contribution is 7.99. The molecule has 1 aromatic carbocycles. The van der Waals surface area contributed by atoms with E-state index in [4.69, 9.17) is 9.47 Å². The summed E-state index contributed by atoms with van der Waals surface area (Å²) in [6.45, 7) is 7.84. The zero-order chi connectivity index (χ0) is 21.5. The van der Waals surface area contributed by atoms with E-state index < -0.39 is 0 Å². The predicted molar refractivity (Wildman–Crippen MR) is 116 cm³/mol. The van der Waals surface area contributed by atoms with Gasteiger partial charge in [0.1, 0.15) is 11.3 Å². The van der Waals surface area contributed by atoms with Crippen molar-refractivity contribution in [2.75, 3.05) is 24.8 Å². The summed E-state index contributed by atoms with van der Waals surface area (Å²) in [4.78, 5) is 12.4. The monoisotopic (exact) mass is 430 g/mol. The van der Waals surface area contributed by atoms with Crippen molar-refractivity contribution in [1.29, 1.82) is 0 Å². The molecule has 0 atom stereocenters. The molecule has 0 aliphatic heterocycles. The fraction of sp³-hybridized carbons (Fsp3) is 0.400. The lowest BCUT2D eigenvalue weighted by atomic mass is 10.3. The summed E-state index contributed by atoms with van der Waals surface area (Å²) in [5, 5.41) is 16.6. The van der Waals surface area contributed by atoms with Gasteiger partial charge in [0.15, 0.2) is 11.0 Å². The van der Waals surface area contributed by atoms with Crippen molar-refractivity contribution >= 4 is 23.4 Å². The van der Waals surface area contributed by atoms with E-state index in [-0.39, 0.29) is 11.7 Å². The standard InChI is InChI=1S/C20H26N6O3S/c1-5-25-12-16(19(24-25)29-7-3)18-22-23-20(26(18)6-2)30-13-17(27)21-14-9-8-10-15(11-14)28-4/h8-12H,5-7,13H2,1-4H3,(H,21,27). The average Bonchev–Trinajstić information content (AvgIpc) is 3.35. The Balaban J connectivity index is 1.73. The number of carbonyl (C=O) groups is 1. The molecule has 2 aromatic heterocycles. The largest absolute Gasteiger partial charge is 0.497 e. The molecule has 10 heteroatoms. The molecule has 3 aromatic rings. The summed E-state index contributed by atoms with van der Waals surface area (Å²) in [5.74, 6) is 1.98. The molecule has 0 aliphatic rings. The number of nitrogens with one attached hydrogen (secondary N) is 1. The number of benzene rings is 1. The number of amides is 1. The molecule has 0 bridgehead atoms. The number of rotatable bonds is 10. The number of aromatic nitrogens is 5. The van der Waals surface area contributed by atoms with E-state index in [2.05, 4.69) is 20.6 Å². The van der Waals surface area contributed by atoms with Crippen molar-refractivity contribution in [3.63, 3.8) is 0 Å². The maximum absolute atomic E-state index is 12.4. The van der Waals surface area contributed by atoms with Crippen LogP contribution in [0.4, 0.5) is 5.69 Å². The van der Waals surface area contributed by atoms with Crippen LogP contribution in [0.2, 0.25) is 0 Å². The lowest BCUT2D eigenvalue weighted by molar-refractivity contribution is -0.113. The zero-order valence-corrected chi connectivity index (χ0v) is 18.4. The molecular formula is C20H26N6O3S. The smallest absolute Gasteiger partial charge is 0.243 e. The van der Waals surface area contributed by atoms with Gasteiger partial charge in [0.05, 0.1) is 19.5 Å². The summed E-state index contributed by atoms with van der Waals surface area (Å²) in [7, 11) is 1.59. The normalized spacial score (nSPS) is 10.8. The summed E-state index contributed by atoms with van der Waals surface area (Å²) >= 11 is 1.33. The lowest BCUT2D eigenvalue weighted by Gasteiger charge is -2.08. The quantitative estimate of drug-likeness (QED) is 0.493. The third-order valence-electron chi connectivity index (χ3n) is 4.29. The topological polar surface area (TPSA) is 96.1 Å². The Bertz CT molecular complexity index is 1000. The number of hydrogen-bond donors (Lipinski definition) is 1. The van der Waals surface area contributed by atoms with Gasteiger partial charge in [-0.05, 0) is 32.9 Å². The first-order chi connectivity index (χ1) is 14.6. The fourth-order valence-corrected chi connectivity index (χ4v) is 3.67. The fourth-order valence-electron chi connectivity index (χ4n) is 2.87. The molecule has 160 valence electrons. The molecule has 0 aliphatic carbocycles. The molecule has 0 spiro atoms. The van der Waals surface area contributed by atoms with E-state index in [1.54, 1.807) is 13.2 Å². The zero-order valence-electron chi connectivity index (χ0n) is 17.6. The van der Waals surface area contributed by atoms with Crippen LogP contribution in [-0.2, 0) is 17.9 Å². The van der Waals surface area contributed by atoms with Crippen LogP contribution in [0.15, 0.2) is 35.6 Å². The van der Waals surface area contributed by atoms with Crippen LogP contribution in [0.3, 0.4) is 0 Å². The number of nitrogens with zero attached hydrogens (tertiary/aromatic N) is 5. The summed E-state index contributed by atoms with van der Waals surface area (Å²) in [6.07, 6.45) is 1.91. The van der Waals surface area contributed by atoms with E-state index >= 15 is 0 Å². The van der Waals surface area contributed by atoms with Crippen LogP contribution >= 0.6 is 11.8 Å². The van der Waals surface area contributed by atoms with E-state index in [0.717, 1.165) is 12.1 Å². The van der Waals surface area contributed by atoms with Crippen LogP contribution < -0.4 is 14.8 Å². The Hall–Kier alpha value is -3.01. The molecule has 1 amide bonds. The number of ether oxygens (including phenoxy) is 2. The minimum Gasteiger partial charge on any atom is -0.497 e. The number of hydrogen-bond acceptors (Lipinski definition) is 7. The molecule has 0 fully saturated rings. The molecule has 9 nitrogen and oxygen atoms in total. The second kappa shape index (κ2) is 10.1. The number of anilines is 1. The minimum atomic E-state index is -0.130. The van der Waals surface area contributed by atoms with Gasteiger partial charge in [-0.25, -0.2) is 0 Å². The third-order valence-corrected chi connectivity index (χ3v) is 5.26. The molecule has 30 heavy (non-hydrogen) atoms. The summed E-state index contributed by atoms with van der Waals surface area (Å²) in [6, 6.07) is 7.25. The van der Waals surface area contributed by atoms with Crippen molar-refractivity contribution in [3.8, 4) is 23.0 Å². The van der Waals surface area contributed by atoms with Gasteiger partial charge in [0.2, 0.25) is 11.8 Å². The number of methoxy groups -OCH3 is 1. The van der Waals surface area contributed by atoms with E-state index in [1.165, 1.54) is 11.8 Å². The molecule has 1 N–H and O–H groups in total. The number of carbonyl (C=O) groups excluding carboxylic acids is 1. The Morgan fingerprint density at radius 2 is 2.03 bits per heavy atom. The second-order valence-electron chi connectivity index (χ2n) is 6.26. The van der Waals surface area contributed by atoms with Gasteiger partial charge in [-0.2, -0.15) is 0 Å². The minimum absolute atomic E-state index is 0.130. The van der Waals surface area contributed by atoms with Crippen molar-refractivity contribution in [1.82, 2.24) is 24.5 Å². The van der Waals surface area contributed by atoms with Crippen molar-refractivity contribution in [3.05, 3.63) is 30.5 Å². The van der Waals surface area contributed by atoms with Crippen LogP contribution in [0.25, 0.3) is 11.4 Å². The van der Waals surface area contributed by atoms with Gasteiger partial charge < -0.3 is 19.4 Å².